The van der Waals surface area contributed by atoms with E-state index in [9.17, 15) is 18.0 Å². The summed E-state index contributed by atoms with van der Waals surface area (Å²) < 4.78 is 39.5. The van der Waals surface area contributed by atoms with Gasteiger partial charge in [0, 0.05) is 18.7 Å². The number of rotatable bonds is 4. The third kappa shape index (κ3) is 3.75. The molecule has 0 radical (unpaired) electrons. The van der Waals surface area contributed by atoms with Gasteiger partial charge in [0.1, 0.15) is 28.8 Å². The van der Waals surface area contributed by atoms with Crippen LogP contribution in [0.25, 0.3) is 0 Å². The van der Waals surface area contributed by atoms with Crippen LogP contribution in [0.15, 0.2) is 36.4 Å². The zero-order valence-electron chi connectivity index (χ0n) is 10.9. The highest BCUT2D eigenvalue weighted by Gasteiger charge is 2.18. The van der Waals surface area contributed by atoms with Gasteiger partial charge in [-0.15, -0.1) is 0 Å². The maximum atomic E-state index is 13.4. The first kappa shape index (κ1) is 14.9. The molecule has 2 aromatic rings. The molecule has 0 atom stereocenters. The lowest BCUT2D eigenvalue weighted by Crippen LogP contribution is -2.27. The number of benzene rings is 2. The van der Waals surface area contributed by atoms with E-state index in [1.807, 2.05) is 0 Å². The largest absolute Gasteiger partial charge is 0.508 e. The number of nitrogens with one attached hydrogen (secondary N) is 1. The third-order valence-corrected chi connectivity index (χ3v) is 2.87. The molecule has 0 heterocycles. The Balaban J connectivity index is 1.98. The highest BCUT2D eigenvalue weighted by molar-refractivity contribution is 5.94. The summed E-state index contributed by atoms with van der Waals surface area (Å²) in [6.07, 6.45) is 0.427. The van der Waals surface area contributed by atoms with E-state index in [-0.39, 0.29) is 12.3 Å². The first-order valence-electron chi connectivity index (χ1n) is 6.18. The fourth-order valence-electron chi connectivity index (χ4n) is 1.83. The van der Waals surface area contributed by atoms with E-state index in [0.29, 0.717) is 18.6 Å². The van der Waals surface area contributed by atoms with Gasteiger partial charge < -0.3 is 10.4 Å². The van der Waals surface area contributed by atoms with Crippen molar-refractivity contribution in [1.82, 2.24) is 5.32 Å². The molecule has 1 amide bonds. The Labute approximate surface area is 119 Å². The molecule has 0 aromatic heterocycles. The summed E-state index contributed by atoms with van der Waals surface area (Å²) in [5.41, 5.74) is 0.0373. The lowest BCUT2D eigenvalue weighted by atomic mass is 10.1. The van der Waals surface area contributed by atoms with E-state index in [1.165, 1.54) is 12.1 Å². The molecule has 2 rings (SSSR count). The van der Waals surface area contributed by atoms with Crippen LogP contribution in [0.2, 0.25) is 0 Å². The molecule has 6 heteroatoms. The fourth-order valence-corrected chi connectivity index (χ4v) is 1.83. The minimum Gasteiger partial charge on any atom is -0.508 e. The van der Waals surface area contributed by atoms with Gasteiger partial charge in [0.15, 0.2) is 0 Å². The van der Waals surface area contributed by atoms with Crippen molar-refractivity contribution in [3.05, 3.63) is 65.0 Å². The molecule has 0 saturated carbocycles. The third-order valence-electron chi connectivity index (χ3n) is 2.87. The number of phenolic OH excluding ortho intramolecular Hbond substituents is 1. The van der Waals surface area contributed by atoms with E-state index in [2.05, 4.69) is 5.32 Å². The Morgan fingerprint density at radius 3 is 2.19 bits per heavy atom. The number of carbonyl (C=O) groups is 1. The number of aromatic hydroxyl groups is 1. The minimum atomic E-state index is -1.24. The second-order valence-electron chi connectivity index (χ2n) is 4.42. The molecule has 0 saturated heterocycles. The van der Waals surface area contributed by atoms with Gasteiger partial charge in [0.05, 0.1) is 0 Å². The predicted molar refractivity (Wildman–Crippen MR) is 70.5 cm³/mol. The quantitative estimate of drug-likeness (QED) is 0.911. The SMILES string of the molecule is O=C(NCCc1ccc(O)cc1)c1c(F)cc(F)cc1F. The molecule has 2 N–H and O–H groups in total. The molecular weight excluding hydrogens is 283 g/mol. The number of phenols is 1. The Hall–Kier alpha value is -2.50. The Morgan fingerprint density at radius 2 is 1.62 bits per heavy atom. The van der Waals surface area contributed by atoms with Crippen LogP contribution in [0.5, 0.6) is 5.75 Å². The summed E-state index contributed by atoms with van der Waals surface area (Å²) in [5.74, 6) is -4.38. The summed E-state index contributed by atoms with van der Waals surface area (Å²) in [5, 5.41) is 11.5. The molecule has 0 aliphatic rings. The van der Waals surface area contributed by atoms with E-state index in [0.717, 1.165) is 5.56 Å². The van der Waals surface area contributed by atoms with Gasteiger partial charge >= 0.3 is 0 Å². The van der Waals surface area contributed by atoms with Crippen molar-refractivity contribution < 1.29 is 23.1 Å². The first-order valence-corrected chi connectivity index (χ1v) is 6.18. The second-order valence-corrected chi connectivity index (χ2v) is 4.42. The number of hydrogen-bond acceptors (Lipinski definition) is 2. The van der Waals surface area contributed by atoms with Gasteiger partial charge in [-0.05, 0) is 24.1 Å². The van der Waals surface area contributed by atoms with Crippen LogP contribution in [0.4, 0.5) is 13.2 Å². The number of halogens is 3. The smallest absolute Gasteiger partial charge is 0.257 e. The molecule has 110 valence electrons. The molecular formula is C15H12F3NO2. The van der Waals surface area contributed by atoms with Crippen LogP contribution < -0.4 is 5.32 Å². The van der Waals surface area contributed by atoms with Crippen molar-refractivity contribution >= 4 is 5.91 Å². The van der Waals surface area contributed by atoms with Gasteiger partial charge in [0.25, 0.3) is 5.91 Å². The number of hydrogen-bond donors (Lipinski definition) is 2. The van der Waals surface area contributed by atoms with Gasteiger partial charge in [0.2, 0.25) is 0 Å². The average molecular weight is 295 g/mol. The molecule has 0 aliphatic carbocycles. The fraction of sp³-hybridized carbons (Fsp3) is 0.133. The number of amides is 1. The van der Waals surface area contributed by atoms with Crippen LogP contribution in [0.1, 0.15) is 15.9 Å². The molecule has 0 aliphatic heterocycles. The zero-order chi connectivity index (χ0) is 15.4. The first-order chi connectivity index (χ1) is 9.97. The van der Waals surface area contributed by atoms with Gasteiger partial charge in [-0.1, -0.05) is 12.1 Å². The van der Waals surface area contributed by atoms with Crippen molar-refractivity contribution in [2.24, 2.45) is 0 Å². The monoisotopic (exact) mass is 295 g/mol. The molecule has 21 heavy (non-hydrogen) atoms. The Bertz CT molecular complexity index is 633. The standard InChI is InChI=1S/C15H12F3NO2/c16-10-7-12(17)14(13(18)8-10)15(21)19-6-5-9-1-3-11(20)4-2-9/h1-4,7-8,20H,5-6H2,(H,19,21). The van der Waals surface area contributed by atoms with Gasteiger partial charge in [-0.2, -0.15) is 0 Å². The van der Waals surface area contributed by atoms with E-state index in [4.69, 9.17) is 5.11 Å². The lowest BCUT2D eigenvalue weighted by molar-refractivity contribution is 0.0945. The molecule has 0 spiro atoms. The Morgan fingerprint density at radius 1 is 1.05 bits per heavy atom. The Kier molecular flexibility index (Phi) is 4.47. The van der Waals surface area contributed by atoms with Crippen LogP contribution in [-0.2, 0) is 6.42 Å². The van der Waals surface area contributed by atoms with Crippen molar-refractivity contribution in [3.8, 4) is 5.75 Å². The topological polar surface area (TPSA) is 49.3 Å². The van der Waals surface area contributed by atoms with Crippen molar-refractivity contribution in [1.29, 1.82) is 0 Å². The summed E-state index contributed by atoms with van der Waals surface area (Å²) in [7, 11) is 0. The number of carbonyl (C=O) groups excluding carboxylic acids is 1. The summed E-state index contributed by atoms with van der Waals surface area (Å²) in [4.78, 5) is 11.7. The maximum absolute atomic E-state index is 13.4. The highest BCUT2D eigenvalue weighted by atomic mass is 19.1. The second kappa shape index (κ2) is 6.30. The van der Waals surface area contributed by atoms with E-state index in [1.54, 1.807) is 12.1 Å². The highest BCUT2D eigenvalue weighted by Crippen LogP contribution is 2.14. The van der Waals surface area contributed by atoms with Crippen molar-refractivity contribution in [2.75, 3.05) is 6.54 Å². The maximum Gasteiger partial charge on any atom is 0.257 e. The van der Waals surface area contributed by atoms with Gasteiger partial charge in [-0.25, -0.2) is 13.2 Å². The summed E-state index contributed by atoms with van der Waals surface area (Å²) in [6.45, 7) is 0.153. The molecule has 3 nitrogen and oxygen atoms in total. The van der Waals surface area contributed by atoms with Crippen LogP contribution in [-0.4, -0.2) is 17.6 Å². The summed E-state index contributed by atoms with van der Waals surface area (Å²) >= 11 is 0. The average Bonchev–Trinajstić information content (AvgIpc) is 2.40. The molecule has 0 bridgehead atoms. The normalized spacial score (nSPS) is 10.4. The van der Waals surface area contributed by atoms with E-state index < -0.39 is 28.9 Å². The predicted octanol–water partition coefficient (Wildman–Crippen LogP) is 2.78. The van der Waals surface area contributed by atoms with Crippen molar-refractivity contribution in [2.45, 2.75) is 6.42 Å². The van der Waals surface area contributed by atoms with Gasteiger partial charge in [-0.3, -0.25) is 4.79 Å². The minimum absolute atomic E-state index is 0.123. The van der Waals surface area contributed by atoms with E-state index >= 15 is 0 Å². The summed E-state index contributed by atoms with van der Waals surface area (Å²) in [6, 6.07) is 7.24. The van der Waals surface area contributed by atoms with Crippen LogP contribution in [0.3, 0.4) is 0 Å². The molecule has 0 fully saturated rings. The zero-order valence-corrected chi connectivity index (χ0v) is 10.9. The lowest BCUT2D eigenvalue weighted by Gasteiger charge is -2.07. The van der Waals surface area contributed by atoms with Crippen molar-refractivity contribution in [3.63, 3.8) is 0 Å². The van der Waals surface area contributed by atoms with Crippen LogP contribution >= 0.6 is 0 Å². The van der Waals surface area contributed by atoms with Crippen LogP contribution in [0, 0.1) is 17.5 Å². The molecule has 0 unspecified atom stereocenters. The molecule has 2 aromatic carbocycles.